The van der Waals surface area contributed by atoms with Crippen LogP contribution >= 0.6 is 0 Å². The molecule has 5 heteroatoms. The van der Waals surface area contributed by atoms with Crippen molar-refractivity contribution in [3.8, 4) is 0 Å². The Morgan fingerprint density at radius 1 is 1.39 bits per heavy atom. The molecule has 0 spiro atoms. The van der Waals surface area contributed by atoms with Gasteiger partial charge in [-0.15, -0.1) is 0 Å². The summed E-state index contributed by atoms with van der Waals surface area (Å²) >= 11 is 0. The van der Waals surface area contributed by atoms with Gasteiger partial charge in [0.2, 0.25) is 5.91 Å². The summed E-state index contributed by atoms with van der Waals surface area (Å²) < 4.78 is 12.9. The molecule has 0 radical (unpaired) electrons. The summed E-state index contributed by atoms with van der Waals surface area (Å²) in [7, 11) is 0. The van der Waals surface area contributed by atoms with E-state index in [9.17, 15) is 14.0 Å². The van der Waals surface area contributed by atoms with Crippen molar-refractivity contribution >= 4 is 11.9 Å². The first-order valence-electron chi connectivity index (χ1n) is 5.66. The predicted molar refractivity (Wildman–Crippen MR) is 64.5 cm³/mol. The van der Waals surface area contributed by atoms with Gasteiger partial charge in [0.25, 0.3) is 0 Å². The van der Waals surface area contributed by atoms with Gasteiger partial charge in [-0.25, -0.2) is 9.18 Å². The third kappa shape index (κ3) is 4.16. The minimum Gasteiger partial charge on any atom is -0.480 e. The van der Waals surface area contributed by atoms with Crippen LogP contribution < -0.4 is 5.32 Å². The fraction of sp³-hybridized carbons (Fsp3) is 0.385. The highest BCUT2D eigenvalue weighted by Crippen LogP contribution is 2.06. The molecule has 1 unspecified atom stereocenters. The molecule has 0 heterocycles. The standard InChI is InChI=1S/C13H16FNO3/c1-8(2)12(13(17)18)15-11(16)7-9-4-3-5-10(14)6-9/h3-6,8,12H,7H2,1-2H3,(H,15,16)(H,17,18). The molecule has 2 N–H and O–H groups in total. The third-order valence-electron chi connectivity index (χ3n) is 2.50. The number of hydrogen-bond acceptors (Lipinski definition) is 2. The molecule has 0 fully saturated rings. The second kappa shape index (κ2) is 6.14. The normalized spacial score (nSPS) is 12.2. The average molecular weight is 253 g/mol. The zero-order chi connectivity index (χ0) is 13.7. The van der Waals surface area contributed by atoms with E-state index < -0.39 is 23.7 Å². The summed E-state index contributed by atoms with van der Waals surface area (Å²) in [6.07, 6.45) is -0.0335. The fourth-order valence-corrected chi connectivity index (χ4v) is 1.57. The van der Waals surface area contributed by atoms with E-state index in [0.29, 0.717) is 5.56 Å². The highest BCUT2D eigenvalue weighted by Gasteiger charge is 2.23. The smallest absolute Gasteiger partial charge is 0.326 e. The van der Waals surface area contributed by atoms with Crippen molar-refractivity contribution in [3.05, 3.63) is 35.6 Å². The zero-order valence-corrected chi connectivity index (χ0v) is 10.3. The monoisotopic (exact) mass is 253 g/mol. The van der Waals surface area contributed by atoms with E-state index in [-0.39, 0.29) is 12.3 Å². The number of aliphatic carboxylic acids is 1. The molecule has 1 aromatic rings. The lowest BCUT2D eigenvalue weighted by atomic mass is 10.0. The van der Waals surface area contributed by atoms with Crippen LogP contribution in [0.25, 0.3) is 0 Å². The molecule has 98 valence electrons. The van der Waals surface area contributed by atoms with Crippen molar-refractivity contribution in [3.63, 3.8) is 0 Å². The molecule has 4 nitrogen and oxygen atoms in total. The summed E-state index contributed by atoms with van der Waals surface area (Å²) in [4.78, 5) is 22.6. The van der Waals surface area contributed by atoms with E-state index in [2.05, 4.69) is 5.32 Å². The SMILES string of the molecule is CC(C)C(NC(=O)Cc1cccc(F)c1)C(=O)O. The van der Waals surface area contributed by atoms with Crippen molar-refractivity contribution in [2.75, 3.05) is 0 Å². The van der Waals surface area contributed by atoms with Crippen LogP contribution in [0.2, 0.25) is 0 Å². The Morgan fingerprint density at radius 2 is 2.06 bits per heavy atom. The van der Waals surface area contributed by atoms with Gasteiger partial charge in [0.1, 0.15) is 11.9 Å². The molecule has 0 bridgehead atoms. The zero-order valence-electron chi connectivity index (χ0n) is 10.3. The summed E-state index contributed by atoms with van der Waals surface area (Å²) in [6.45, 7) is 3.42. The fourth-order valence-electron chi connectivity index (χ4n) is 1.57. The lowest BCUT2D eigenvalue weighted by Gasteiger charge is -2.17. The quantitative estimate of drug-likeness (QED) is 0.837. The molecule has 1 rings (SSSR count). The highest BCUT2D eigenvalue weighted by molar-refractivity contribution is 5.84. The number of nitrogens with one attached hydrogen (secondary N) is 1. The van der Waals surface area contributed by atoms with Crippen LogP contribution in [0.4, 0.5) is 4.39 Å². The van der Waals surface area contributed by atoms with E-state index in [1.165, 1.54) is 18.2 Å². The minimum absolute atomic E-state index is 0.0335. The van der Waals surface area contributed by atoms with Gasteiger partial charge in [-0.3, -0.25) is 4.79 Å². The molecule has 1 aromatic carbocycles. The van der Waals surface area contributed by atoms with E-state index >= 15 is 0 Å². The average Bonchev–Trinajstić information content (AvgIpc) is 2.25. The first-order chi connectivity index (χ1) is 8.40. The van der Waals surface area contributed by atoms with Gasteiger partial charge >= 0.3 is 5.97 Å². The minimum atomic E-state index is -1.07. The number of carboxylic acids is 1. The highest BCUT2D eigenvalue weighted by atomic mass is 19.1. The topological polar surface area (TPSA) is 66.4 Å². The van der Waals surface area contributed by atoms with Gasteiger partial charge < -0.3 is 10.4 Å². The van der Waals surface area contributed by atoms with Crippen LogP contribution in [-0.2, 0) is 16.0 Å². The van der Waals surface area contributed by atoms with Gasteiger partial charge in [-0.05, 0) is 23.6 Å². The number of benzene rings is 1. The number of halogens is 1. The number of rotatable bonds is 5. The van der Waals surface area contributed by atoms with Crippen molar-refractivity contribution < 1.29 is 19.1 Å². The Hall–Kier alpha value is -1.91. The van der Waals surface area contributed by atoms with Gasteiger partial charge in [-0.1, -0.05) is 26.0 Å². The van der Waals surface area contributed by atoms with Crippen molar-refractivity contribution in [1.82, 2.24) is 5.32 Å². The number of amides is 1. The van der Waals surface area contributed by atoms with Crippen molar-refractivity contribution in [2.45, 2.75) is 26.3 Å². The Labute approximate surface area is 105 Å². The van der Waals surface area contributed by atoms with E-state index in [1.54, 1.807) is 19.9 Å². The maximum Gasteiger partial charge on any atom is 0.326 e. The Morgan fingerprint density at radius 3 is 2.56 bits per heavy atom. The lowest BCUT2D eigenvalue weighted by Crippen LogP contribution is -2.44. The Kier molecular flexibility index (Phi) is 4.83. The molecule has 1 amide bonds. The predicted octanol–water partition coefficient (Wildman–Crippen LogP) is 1.59. The molecule has 18 heavy (non-hydrogen) atoms. The van der Waals surface area contributed by atoms with Crippen LogP contribution in [0, 0.1) is 11.7 Å². The summed E-state index contributed by atoms with van der Waals surface area (Å²) in [6, 6.07) is 4.74. The Bertz CT molecular complexity index is 446. The van der Waals surface area contributed by atoms with Gasteiger partial charge in [0, 0.05) is 0 Å². The van der Waals surface area contributed by atoms with Gasteiger partial charge in [0.05, 0.1) is 6.42 Å². The summed E-state index contributed by atoms with van der Waals surface area (Å²) in [5.74, 6) is -2.13. The van der Waals surface area contributed by atoms with Crippen LogP contribution in [0.1, 0.15) is 19.4 Å². The van der Waals surface area contributed by atoms with Gasteiger partial charge in [0.15, 0.2) is 0 Å². The van der Waals surface area contributed by atoms with E-state index in [1.807, 2.05) is 0 Å². The molecule has 0 aromatic heterocycles. The van der Waals surface area contributed by atoms with Gasteiger partial charge in [-0.2, -0.15) is 0 Å². The van der Waals surface area contributed by atoms with Crippen molar-refractivity contribution in [1.29, 1.82) is 0 Å². The molecule has 0 aliphatic carbocycles. The second-order valence-electron chi connectivity index (χ2n) is 4.43. The largest absolute Gasteiger partial charge is 0.480 e. The molecular weight excluding hydrogens is 237 g/mol. The molecule has 0 aliphatic heterocycles. The third-order valence-corrected chi connectivity index (χ3v) is 2.50. The first kappa shape index (κ1) is 14.2. The van der Waals surface area contributed by atoms with Crippen LogP contribution in [0.5, 0.6) is 0 Å². The Balaban J connectivity index is 2.63. The van der Waals surface area contributed by atoms with Crippen LogP contribution in [-0.4, -0.2) is 23.0 Å². The van der Waals surface area contributed by atoms with E-state index in [0.717, 1.165) is 0 Å². The molecular formula is C13H16FNO3. The second-order valence-corrected chi connectivity index (χ2v) is 4.43. The number of carboxylic acid groups (broad SMARTS) is 1. The van der Waals surface area contributed by atoms with Crippen LogP contribution in [0.3, 0.4) is 0 Å². The first-order valence-corrected chi connectivity index (χ1v) is 5.66. The molecule has 0 aliphatic rings. The molecule has 1 atom stereocenters. The lowest BCUT2D eigenvalue weighted by molar-refractivity contribution is -0.143. The summed E-state index contributed by atoms with van der Waals surface area (Å²) in [5.41, 5.74) is 0.514. The maximum atomic E-state index is 12.9. The van der Waals surface area contributed by atoms with Crippen molar-refractivity contribution in [2.24, 2.45) is 5.92 Å². The number of carbonyl (C=O) groups is 2. The summed E-state index contributed by atoms with van der Waals surface area (Å²) in [5, 5.41) is 11.4. The van der Waals surface area contributed by atoms with E-state index in [4.69, 9.17) is 5.11 Å². The molecule has 0 saturated heterocycles. The molecule has 0 saturated carbocycles. The maximum absolute atomic E-state index is 12.9. The number of carbonyl (C=O) groups excluding carboxylic acids is 1. The number of hydrogen-bond donors (Lipinski definition) is 2. The van der Waals surface area contributed by atoms with Crippen LogP contribution in [0.15, 0.2) is 24.3 Å².